The number of halogens is 2. The summed E-state index contributed by atoms with van der Waals surface area (Å²) in [6.45, 7) is 7.49. The van der Waals surface area contributed by atoms with E-state index in [2.05, 4.69) is 20.2 Å². The van der Waals surface area contributed by atoms with Crippen LogP contribution in [0.1, 0.15) is 31.1 Å². The first-order valence-corrected chi connectivity index (χ1v) is 13.2. The number of rotatable bonds is 5. The van der Waals surface area contributed by atoms with Crippen molar-refractivity contribution < 1.29 is 13.9 Å². The Morgan fingerprint density at radius 1 is 1.18 bits per heavy atom. The minimum atomic E-state index is -0.611. The van der Waals surface area contributed by atoms with Crippen molar-refractivity contribution in [1.82, 2.24) is 29.7 Å². The van der Waals surface area contributed by atoms with Gasteiger partial charge >= 0.3 is 0 Å². The van der Waals surface area contributed by atoms with Gasteiger partial charge in [-0.15, -0.1) is 5.10 Å². The second-order valence-corrected chi connectivity index (χ2v) is 10.2. The van der Waals surface area contributed by atoms with E-state index in [1.54, 1.807) is 15.6 Å². The molecule has 6 rings (SSSR count). The molecule has 200 valence electrons. The number of piperazine rings is 1. The van der Waals surface area contributed by atoms with Crippen LogP contribution >= 0.6 is 11.6 Å². The normalized spacial score (nSPS) is 17.8. The highest BCUT2D eigenvalue weighted by atomic mass is 35.5. The molecule has 5 aromatic rings. The lowest BCUT2D eigenvalue weighted by atomic mass is 10.0. The van der Waals surface area contributed by atoms with Gasteiger partial charge in [0.15, 0.2) is 5.65 Å². The minimum Gasteiger partial charge on any atom is -0.492 e. The number of carbonyl (C=O) groups excluding carboxylic acids is 1. The fraction of sp³-hybridized carbons (Fsp3) is 0.286. The maximum absolute atomic E-state index is 14.5. The van der Waals surface area contributed by atoms with E-state index >= 15 is 0 Å². The van der Waals surface area contributed by atoms with Crippen molar-refractivity contribution in [3.05, 3.63) is 71.4 Å². The van der Waals surface area contributed by atoms with Gasteiger partial charge in [0.2, 0.25) is 0 Å². The Morgan fingerprint density at radius 2 is 1.97 bits per heavy atom. The van der Waals surface area contributed by atoms with Gasteiger partial charge in [-0.25, -0.2) is 13.9 Å². The van der Waals surface area contributed by atoms with Gasteiger partial charge in [0, 0.05) is 42.5 Å². The highest BCUT2D eigenvalue weighted by Crippen LogP contribution is 2.34. The zero-order chi connectivity index (χ0) is 27.3. The third-order valence-corrected chi connectivity index (χ3v) is 7.44. The van der Waals surface area contributed by atoms with E-state index in [1.807, 2.05) is 51.4 Å². The third kappa shape index (κ3) is 4.34. The van der Waals surface area contributed by atoms with Gasteiger partial charge in [-0.05, 0) is 51.1 Å². The quantitative estimate of drug-likeness (QED) is 0.325. The van der Waals surface area contributed by atoms with Gasteiger partial charge in [0.05, 0.1) is 40.5 Å². The number of benzene rings is 1. The molecule has 1 aliphatic heterocycles. The average Bonchev–Trinajstić information content (AvgIpc) is 3.49. The average molecular weight is 548 g/mol. The number of carbonyl (C=O) groups is 1. The number of hydrogen-bond donors (Lipinski definition) is 1. The maximum Gasteiger partial charge on any atom is 0.258 e. The summed E-state index contributed by atoms with van der Waals surface area (Å²) in [5.74, 6) is 0.499. The first-order valence-electron chi connectivity index (χ1n) is 12.8. The van der Waals surface area contributed by atoms with Crippen LogP contribution in [0, 0.1) is 5.82 Å². The summed E-state index contributed by atoms with van der Waals surface area (Å²) in [7, 11) is 0. The van der Waals surface area contributed by atoms with Gasteiger partial charge < -0.3 is 14.5 Å². The predicted octanol–water partition coefficient (Wildman–Crippen LogP) is 5.20. The number of aromatic amines is 1. The van der Waals surface area contributed by atoms with Gasteiger partial charge in [0.25, 0.3) is 5.91 Å². The molecule has 1 aliphatic rings. The topological polar surface area (TPSA) is 91.6 Å². The van der Waals surface area contributed by atoms with Gasteiger partial charge in [-0.3, -0.25) is 9.89 Å². The Labute approximate surface area is 229 Å². The minimum absolute atomic E-state index is 0.0824. The summed E-state index contributed by atoms with van der Waals surface area (Å²) >= 11 is 6.18. The number of hydrogen-bond acceptors (Lipinski definition) is 6. The van der Waals surface area contributed by atoms with Crippen molar-refractivity contribution in [2.45, 2.75) is 32.9 Å². The molecule has 0 saturated carbocycles. The zero-order valence-electron chi connectivity index (χ0n) is 21.7. The summed E-state index contributed by atoms with van der Waals surface area (Å²) in [5, 5.41) is 12.7. The molecule has 1 N–H and O–H groups in total. The number of amides is 1. The van der Waals surface area contributed by atoms with E-state index < -0.39 is 11.7 Å². The lowest BCUT2D eigenvalue weighted by Crippen LogP contribution is -2.59. The van der Waals surface area contributed by atoms with E-state index in [1.165, 1.54) is 18.2 Å². The SMILES string of the molecule is CCOc1cc(-c2ccc(N3C[C@@H](C)N(C(=O)c4c(F)cccc4Cl)[C@@H](C)C3)nc2)c2c3cn[nH]c3nn2c1. The first-order chi connectivity index (χ1) is 18.9. The van der Waals surface area contributed by atoms with Crippen LogP contribution < -0.4 is 9.64 Å². The standard InChI is InChI=1S/C28H27ClFN7O2/c1-4-39-19-10-20(26-21-12-32-33-27(21)34-36(26)15-19)18-8-9-24(31-11-18)35-13-16(2)37(17(3)14-35)28(38)25-22(29)6-5-7-23(25)30/h5-12,15-17H,4,13-14H2,1-3H3,(H,33,34)/t16-,17+. The molecule has 5 heterocycles. The van der Waals surface area contributed by atoms with Crippen molar-refractivity contribution in [2.24, 2.45) is 0 Å². The first kappa shape index (κ1) is 25.1. The Kier molecular flexibility index (Phi) is 6.34. The molecule has 0 spiro atoms. The van der Waals surface area contributed by atoms with Crippen molar-refractivity contribution >= 4 is 39.9 Å². The van der Waals surface area contributed by atoms with Crippen LogP contribution in [-0.2, 0) is 0 Å². The zero-order valence-corrected chi connectivity index (χ0v) is 22.5. The van der Waals surface area contributed by atoms with Crippen molar-refractivity contribution in [3.8, 4) is 16.9 Å². The number of pyridine rings is 2. The molecular weight excluding hydrogens is 521 g/mol. The number of anilines is 1. The molecule has 2 atom stereocenters. The van der Waals surface area contributed by atoms with E-state index in [0.717, 1.165) is 27.8 Å². The second kappa shape index (κ2) is 9.85. The monoisotopic (exact) mass is 547 g/mol. The van der Waals surface area contributed by atoms with Crippen LogP contribution in [0.25, 0.3) is 27.7 Å². The van der Waals surface area contributed by atoms with Crippen LogP contribution in [-0.4, -0.2) is 67.4 Å². The summed E-state index contributed by atoms with van der Waals surface area (Å²) in [5.41, 5.74) is 3.38. The summed E-state index contributed by atoms with van der Waals surface area (Å²) < 4.78 is 22.1. The van der Waals surface area contributed by atoms with E-state index in [4.69, 9.17) is 21.3 Å². The molecule has 0 aliphatic carbocycles. The summed E-state index contributed by atoms with van der Waals surface area (Å²) in [6, 6.07) is 9.93. The molecule has 1 saturated heterocycles. The molecule has 0 unspecified atom stereocenters. The van der Waals surface area contributed by atoms with Crippen LogP contribution in [0.3, 0.4) is 0 Å². The van der Waals surface area contributed by atoms with Crippen molar-refractivity contribution in [3.63, 3.8) is 0 Å². The fourth-order valence-electron chi connectivity index (χ4n) is 5.48. The largest absolute Gasteiger partial charge is 0.492 e. The Balaban J connectivity index is 1.28. The number of fused-ring (bicyclic) bond motifs is 3. The van der Waals surface area contributed by atoms with Crippen LogP contribution in [0.5, 0.6) is 5.75 Å². The molecule has 39 heavy (non-hydrogen) atoms. The highest BCUT2D eigenvalue weighted by molar-refractivity contribution is 6.33. The number of nitrogens with one attached hydrogen (secondary N) is 1. The van der Waals surface area contributed by atoms with E-state index in [9.17, 15) is 9.18 Å². The van der Waals surface area contributed by atoms with E-state index in [-0.39, 0.29) is 22.7 Å². The second-order valence-electron chi connectivity index (χ2n) is 9.77. The molecular formula is C28H27ClFN7O2. The number of H-pyrrole nitrogens is 1. The Hall–Kier alpha value is -4.18. The lowest BCUT2D eigenvalue weighted by Gasteiger charge is -2.45. The van der Waals surface area contributed by atoms with E-state index in [0.29, 0.717) is 31.1 Å². The summed E-state index contributed by atoms with van der Waals surface area (Å²) in [4.78, 5) is 21.9. The Morgan fingerprint density at radius 3 is 2.67 bits per heavy atom. The smallest absolute Gasteiger partial charge is 0.258 e. The number of nitrogens with zero attached hydrogens (tertiary/aromatic N) is 6. The molecule has 1 fully saturated rings. The lowest BCUT2D eigenvalue weighted by molar-refractivity contribution is 0.0569. The van der Waals surface area contributed by atoms with Crippen molar-refractivity contribution in [2.75, 3.05) is 24.6 Å². The highest BCUT2D eigenvalue weighted by Gasteiger charge is 2.35. The van der Waals surface area contributed by atoms with Gasteiger partial charge in [0.1, 0.15) is 17.4 Å². The molecule has 9 nitrogen and oxygen atoms in total. The Bertz CT molecular complexity index is 1650. The third-order valence-electron chi connectivity index (χ3n) is 7.13. The van der Waals surface area contributed by atoms with Crippen LogP contribution in [0.15, 0.2) is 55.0 Å². The molecule has 0 radical (unpaired) electrons. The molecule has 1 amide bonds. The number of aromatic nitrogens is 5. The number of ether oxygens (including phenoxy) is 1. The maximum atomic E-state index is 14.5. The van der Waals surface area contributed by atoms with Crippen molar-refractivity contribution in [1.29, 1.82) is 0 Å². The molecule has 4 aromatic heterocycles. The summed E-state index contributed by atoms with van der Waals surface area (Å²) in [6.07, 6.45) is 5.46. The van der Waals surface area contributed by atoms with Crippen LogP contribution in [0.4, 0.5) is 10.2 Å². The van der Waals surface area contributed by atoms with Gasteiger partial charge in [-0.2, -0.15) is 5.10 Å². The molecule has 11 heteroatoms. The predicted molar refractivity (Wildman–Crippen MR) is 148 cm³/mol. The molecule has 1 aromatic carbocycles. The van der Waals surface area contributed by atoms with Crippen LogP contribution in [0.2, 0.25) is 5.02 Å². The molecule has 0 bridgehead atoms. The fourth-order valence-corrected chi connectivity index (χ4v) is 5.72. The van der Waals surface area contributed by atoms with Gasteiger partial charge in [-0.1, -0.05) is 17.7 Å².